The van der Waals surface area contributed by atoms with E-state index in [1.807, 2.05) is 6.20 Å². The van der Waals surface area contributed by atoms with E-state index in [1.165, 1.54) is 11.1 Å². The van der Waals surface area contributed by atoms with Gasteiger partial charge < -0.3 is 0 Å². The van der Waals surface area contributed by atoms with Crippen LogP contribution in [0.1, 0.15) is 27.9 Å². The number of hydrogen-bond donors (Lipinski definition) is 0. The van der Waals surface area contributed by atoms with Gasteiger partial charge in [-0.25, -0.2) is 4.98 Å². The van der Waals surface area contributed by atoms with Gasteiger partial charge in [0.15, 0.2) is 0 Å². The van der Waals surface area contributed by atoms with Gasteiger partial charge in [-0.1, -0.05) is 29.8 Å². The maximum atomic E-state index is 11.0. The maximum Gasteiger partial charge on any atom is 0.135 e. The van der Waals surface area contributed by atoms with Gasteiger partial charge in [0, 0.05) is 23.9 Å². The van der Waals surface area contributed by atoms with E-state index < -0.39 is 0 Å². The molecule has 0 aliphatic carbocycles. The van der Waals surface area contributed by atoms with E-state index in [0.29, 0.717) is 6.42 Å². The van der Waals surface area contributed by atoms with Crippen LogP contribution in [0.5, 0.6) is 0 Å². The number of aromatic nitrogens is 1. The highest BCUT2D eigenvalue weighted by molar-refractivity contribution is 7.11. The summed E-state index contributed by atoms with van der Waals surface area (Å²) in [4.78, 5) is 16.4. The van der Waals surface area contributed by atoms with E-state index in [0.717, 1.165) is 16.3 Å². The Bertz CT molecular complexity index is 513. The van der Waals surface area contributed by atoms with Crippen LogP contribution in [0.3, 0.4) is 0 Å². The highest BCUT2D eigenvalue weighted by Gasteiger charge is 2.05. The maximum absolute atomic E-state index is 11.0. The third kappa shape index (κ3) is 3.49. The Morgan fingerprint density at radius 1 is 1.29 bits per heavy atom. The van der Waals surface area contributed by atoms with E-state index in [4.69, 9.17) is 0 Å². The third-order valence-corrected chi connectivity index (χ3v) is 3.50. The summed E-state index contributed by atoms with van der Waals surface area (Å²) in [5, 5.41) is 1.07. The Kier molecular flexibility index (Phi) is 3.69. The van der Waals surface area contributed by atoms with Crippen LogP contribution in [0.25, 0.3) is 0 Å². The van der Waals surface area contributed by atoms with Crippen LogP contribution in [-0.4, -0.2) is 10.8 Å². The first-order valence-electron chi connectivity index (χ1n) is 5.62. The van der Waals surface area contributed by atoms with Gasteiger partial charge in [0.2, 0.25) is 0 Å². The van der Waals surface area contributed by atoms with Gasteiger partial charge in [-0.3, -0.25) is 4.79 Å². The van der Waals surface area contributed by atoms with Crippen LogP contribution < -0.4 is 0 Å². The highest BCUT2D eigenvalue weighted by Crippen LogP contribution is 2.17. The van der Waals surface area contributed by atoms with E-state index in [9.17, 15) is 4.79 Å². The molecule has 17 heavy (non-hydrogen) atoms. The summed E-state index contributed by atoms with van der Waals surface area (Å²) in [5.41, 5.74) is 2.53. The summed E-state index contributed by atoms with van der Waals surface area (Å²) in [6, 6.07) is 8.47. The van der Waals surface area contributed by atoms with Gasteiger partial charge in [0.05, 0.1) is 5.01 Å². The summed E-state index contributed by atoms with van der Waals surface area (Å²) >= 11 is 1.63. The Hall–Kier alpha value is -1.48. The predicted molar refractivity (Wildman–Crippen MR) is 70.5 cm³/mol. The smallest absolute Gasteiger partial charge is 0.135 e. The van der Waals surface area contributed by atoms with Crippen molar-refractivity contribution in [3.63, 3.8) is 0 Å². The molecular formula is C14H15NOS. The second-order valence-electron chi connectivity index (χ2n) is 4.26. The minimum absolute atomic E-state index is 0.190. The molecule has 0 saturated heterocycles. The number of ketones is 1. The first-order chi connectivity index (χ1) is 8.13. The molecule has 2 rings (SSSR count). The van der Waals surface area contributed by atoms with Crippen LogP contribution in [0.4, 0.5) is 0 Å². The fourth-order valence-electron chi connectivity index (χ4n) is 1.64. The predicted octanol–water partition coefficient (Wildman–Crippen LogP) is 3.17. The molecule has 0 N–H and O–H groups in total. The molecule has 2 nitrogen and oxygen atoms in total. The number of thiazole rings is 1. The average molecular weight is 245 g/mol. The van der Waals surface area contributed by atoms with Crippen molar-refractivity contribution in [2.45, 2.75) is 26.7 Å². The molecule has 0 unspecified atom stereocenters. The topological polar surface area (TPSA) is 30.0 Å². The van der Waals surface area contributed by atoms with Crippen molar-refractivity contribution in [1.29, 1.82) is 0 Å². The lowest BCUT2D eigenvalue weighted by Crippen LogP contribution is -1.92. The lowest BCUT2D eigenvalue weighted by atomic mass is 10.1. The summed E-state index contributed by atoms with van der Waals surface area (Å²) in [5.74, 6) is 0.190. The molecular weight excluding hydrogens is 230 g/mol. The Morgan fingerprint density at radius 2 is 2.00 bits per heavy atom. The van der Waals surface area contributed by atoms with Crippen molar-refractivity contribution >= 4 is 17.1 Å². The van der Waals surface area contributed by atoms with Crippen LogP contribution >= 0.6 is 11.3 Å². The molecule has 88 valence electrons. The van der Waals surface area contributed by atoms with Crippen molar-refractivity contribution in [1.82, 2.24) is 4.98 Å². The Balaban J connectivity index is 2.06. The van der Waals surface area contributed by atoms with Crippen molar-refractivity contribution in [2.24, 2.45) is 0 Å². The van der Waals surface area contributed by atoms with Crippen molar-refractivity contribution < 1.29 is 4.79 Å². The van der Waals surface area contributed by atoms with Gasteiger partial charge in [-0.2, -0.15) is 0 Å². The zero-order valence-electron chi connectivity index (χ0n) is 10.1. The highest BCUT2D eigenvalue weighted by atomic mass is 32.1. The van der Waals surface area contributed by atoms with Crippen LogP contribution in [0.2, 0.25) is 0 Å². The van der Waals surface area contributed by atoms with Gasteiger partial charge in [-0.15, -0.1) is 11.3 Å². The number of benzene rings is 1. The molecule has 0 bridgehead atoms. The molecule has 0 radical (unpaired) electrons. The molecule has 2 aromatic rings. The molecule has 0 atom stereocenters. The molecule has 1 heterocycles. The van der Waals surface area contributed by atoms with E-state index >= 15 is 0 Å². The monoisotopic (exact) mass is 245 g/mol. The first-order valence-corrected chi connectivity index (χ1v) is 6.43. The molecule has 0 aliphatic heterocycles. The fraction of sp³-hybridized carbons (Fsp3) is 0.286. The van der Waals surface area contributed by atoms with Gasteiger partial charge in [0.1, 0.15) is 5.78 Å². The summed E-state index contributed by atoms with van der Waals surface area (Å²) < 4.78 is 0. The van der Waals surface area contributed by atoms with Crippen molar-refractivity contribution in [2.75, 3.05) is 0 Å². The number of Topliss-reactive ketones (excluding diaryl/α,β-unsaturated/α-hetero) is 1. The Labute approximate surface area is 105 Å². The summed E-state index contributed by atoms with van der Waals surface area (Å²) in [6.07, 6.45) is 3.17. The number of hydrogen-bond acceptors (Lipinski definition) is 3. The molecule has 0 fully saturated rings. The molecule has 1 aromatic carbocycles. The normalized spacial score (nSPS) is 10.5. The zero-order chi connectivity index (χ0) is 12.3. The number of carbonyl (C=O) groups is 1. The standard InChI is InChI=1S/C14H15NOS/c1-10-3-5-12(6-4-10)8-14-15-9-13(17-14)7-11(2)16/h3-6,9H,7-8H2,1-2H3. The molecule has 0 saturated carbocycles. The van der Waals surface area contributed by atoms with Crippen LogP contribution in [-0.2, 0) is 17.6 Å². The molecule has 0 amide bonds. The quantitative estimate of drug-likeness (QED) is 0.828. The molecule has 0 spiro atoms. The Morgan fingerprint density at radius 3 is 2.65 bits per heavy atom. The zero-order valence-corrected chi connectivity index (χ0v) is 10.9. The van der Waals surface area contributed by atoms with E-state index in [-0.39, 0.29) is 5.78 Å². The van der Waals surface area contributed by atoms with Crippen molar-refractivity contribution in [3.8, 4) is 0 Å². The van der Waals surface area contributed by atoms with Crippen LogP contribution in [0, 0.1) is 6.92 Å². The van der Waals surface area contributed by atoms with Gasteiger partial charge >= 0.3 is 0 Å². The fourth-order valence-corrected chi connectivity index (χ4v) is 2.67. The second kappa shape index (κ2) is 5.23. The molecule has 0 aliphatic rings. The minimum atomic E-state index is 0.190. The lowest BCUT2D eigenvalue weighted by Gasteiger charge is -1.98. The third-order valence-electron chi connectivity index (χ3n) is 2.50. The number of rotatable bonds is 4. The lowest BCUT2D eigenvalue weighted by molar-refractivity contribution is -0.116. The van der Waals surface area contributed by atoms with Gasteiger partial charge in [-0.05, 0) is 19.4 Å². The van der Waals surface area contributed by atoms with Gasteiger partial charge in [0.25, 0.3) is 0 Å². The van der Waals surface area contributed by atoms with Crippen LogP contribution in [0.15, 0.2) is 30.5 Å². The molecule has 3 heteroatoms. The van der Waals surface area contributed by atoms with E-state index in [2.05, 4.69) is 36.2 Å². The number of aryl methyl sites for hydroxylation is 1. The van der Waals surface area contributed by atoms with Crippen molar-refractivity contribution in [3.05, 3.63) is 51.5 Å². The summed E-state index contributed by atoms with van der Waals surface area (Å²) in [6.45, 7) is 3.69. The SMILES string of the molecule is CC(=O)Cc1cnc(Cc2ccc(C)cc2)s1. The number of nitrogens with zero attached hydrogens (tertiary/aromatic N) is 1. The molecule has 1 aromatic heterocycles. The minimum Gasteiger partial charge on any atom is -0.300 e. The second-order valence-corrected chi connectivity index (χ2v) is 5.46. The largest absolute Gasteiger partial charge is 0.300 e. The first kappa shape index (κ1) is 12.0. The average Bonchev–Trinajstić information content (AvgIpc) is 2.68. The number of carbonyl (C=O) groups excluding carboxylic acids is 1. The summed E-state index contributed by atoms with van der Waals surface area (Å²) in [7, 11) is 0. The van der Waals surface area contributed by atoms with E-state index in [1.54, 1.807) is 18.3 Å².